The molecular weight excluding hydrogens is 318 g/mol. The van der Waals surface area contributed by atoms with Crippen LogP contribution in [0.2, 0.25) is 0 Å². The zero-order valence-electron chi connectivity index (χ0n) is 15.0. The lowest BCUT2D eigenvalue weighted by Gasteiger charge is -2.12. The van der Waals surface area contributed by atoms with Crippen molar-refractivity contribution in [1.29, 1.82) is 0 Å². The fourth-order valence-corrected chi connectivity index (χ4v) is 2.98. The Hall–Kier alpha value is -2.69. The molecule has 3 aromatic rings. The molecule has 0 N–H and O–H groups in total. The molecule has 3 rings (SSSR count). The van der Waals surface area contributed by atoms with Crippen molar-refractivity contribution >= 4 is 16.9 Å². The summed E-state index contributed by atoms with van der Waals surface area (Å²) in [6.45, 7) is 6.98. The van der Waals surface area contributed by atoms with Crippen LogP contribution in [0.25, 0.3) is 10.9 Å². The first-order valence-corrected chi connectivity index (χ1v) is 8.46. The van der Waals surface area contributed by atoms with Gasteiger partial charge in [-0.2, -0.15) is 0 Å². The van der Waals surface area contributed by atoms with Gasteiger partial charge in [0.1, 0.15) is 11.5 Å². The van der Waals surface area contributed by atoms with Crippen LogP contribution >= 0.6 is 0 Å². The minimum absolute atomic E-state index is 0.237. The molecule has 0 fully saturated rings. The zero-order chi connectivity index (χ0) is 18.0. The highest BCUT2D eigenvalue weighted by molar-refractivity contribution is 5.86. The molecule has 2 heterocycles. The summed E-state index contributed by atoms with van der Waals surface area (Å²) in [5, 5.41) is 1.13. The Kier molecular flexibility index (Phi) is 4.83. The molecule has 132 valence electrons. The summed E-state index contributed by atoms with van der Waals surface area (Å²) >= 11 is 0. The SMILES string of the molecule is CCOC(=O)c1ccc(Cn2c(C(C)C)cc3cc(OC)ccc32)o1. The van der Waals surface area contributed by atoms with E-state index in [1.165, 1.54) is 5.69 Å². The molecule has 0 saturated carbocycles. The maximum absolute atomic E-state index is 11.8. The molecular formula is C20H23NO4. The molecule has 0 aliphatic carbocycles. The largest absolute Gasteiger partial charge is 0.497 e. The van der Waals surface area contributed by atoms with Crippen LogP contribution in [0.5, 0.6) is 5.75 Å². The first-order valence-electron chi connectivity index (χ1n) is 8.46. The maximum Gasteiger partial charge on any atom is 0.374 e. The molecule has 2 aromatic heterocycles. The number of fused-ring (bicyclic) bond motifs is 1. The molecule has 1 aromatic carbocycles. The van der Waals surface area contributed by atoms with Crippen molar-refractivity contribution in [3.63, 3.8) is 0 Å². The van der Waals surface area contributed by atoms with Crippen molar-refractivity contribution in [3.8, 4) is 5.75 Å². The number of carbonyl (C=O) groups excluding carboxylic acids is 1. The highest BCUT2D eigenvalue weighted by atomic mass is 16.5. The van der Waals surface area contributed by atoms with Gasteiger partial charge in [0.25, 0.3) is 0 Å². The van der Waals surface area contributed by atoms with Gasteiger partial charge in [0, 0.05) is 16.6 Å². The Balaban J connectivity index is 1.97. The van der Waals surface area contributed by atoms with Gasteiger partial charge in [-0.05, 0) is 49.2 Å². The monoisotopic (exact) mass is 341 g/mol. The molecule has 0 aliphatic heterocycles. The second-order valence-electron chi connectivity index (χ2n) is 6.22. The molecule has 0 saturated heterocycles. The minimum Gasteiger partial charge on any atom is -0.497 e. The van der Waals surface area contributed by atoms with E-state index in [2.05, 4.69) is 30.5 Å². The average Bonchev–Trinajstić information content (AvgIpc) is 3.20. The van der Waals surface area contributed by atoms with E-state index in [0.717, 1.165) is 22.4 Å². The summed E-state index contributed by atoms with van der Waals surface area (Å²) in [5.41, 5.74) is 2.32. The molecule has 0 unspecified atom stereocenters. The lowest BCUT2D eigenvalue weighted by molar-refractivity contribution is 0.0488. The number of carbonyl (C=O) groups is 1. The lowest BCUT2D eigenvalue weighted by atomic mass is 10.1. The fraction of sp³-hybridized carbons (Fsp3) is 0.350. The Morgan fingerprint density at radius 1 is 1.20 bits per heavy atom. The van der Waals surface area contributed by atoms with E-state index < -0.39 is 5.97 Å². The molecule has 0 bridgehead atoms. The maximum atomic E-state index is 11.8. The van der Waals surface area contributed by atoms with E-state index in [1.54, 1.807) is 20.1 Å². The third kappa shape index (κ3) is 3.40. The van der Waals surface area contributed by atoms with Crippen LogP contribution in [0.3, 0.4) is 0 Å². The molecule has 0 radical (unpaired) electrons. The van der Waals surface area contributed by atoms with Gasteiger partial charge in [0.05, 0.1) is 20.3 Å². The van der Waals surface area contributed by atoms with Crippen molar-refractivity contribution in [2.24, 2.45) is 0 Å². The van der Waals surface area contributed by atoms with Gasteiger partial charge in [0.15, 0.2) is 0 Å². The van der Waals surface area contributed by atoms with Gasteiger partial charge < -0.3 is 18.5 Å². The molecule has 25 heavy (non-hydrogen) atoms. The number of benzene rings is 1. The summed E-state index contributed by atoms with van der Waals surface area (Å²) in [5.74, 6) is 1.72. The summed E-state index contributed by atoms with van der Waals surface area (Å²) < 4.78 is 18.2. The predicted octanol–water partition coefficient (Wildman–Crippen LogP) is 4.59. The van der Waals surface area contributed by atoms with E-state index in [9.17, 15) is 4.79 Å². The van der Waals surface area contributed by atoms with Crippen LogP contribution in [-0.4, -0.2) is 24.3 Å². The normalized spacial score (nSPS) is 11.2. The van der Waals surface area contributed by atoms with E-state index in [1.807, 2.05) is 18.2 Å². The van der Waals surface area contributed by atoms with Crippen molar-refractivity contribution in [1.82, 2.24) is 4.57 Å². The van der Waals surface area contributed by atoms with Gasteiger partial charge in [0.2, 0.25) is 5.76 Å². The van der Waals surface area contributed by atoms with Crippen LogP contribution in [0.1, 0.15) is 48.7 Å². The van der Waals surface area contributed by atoms with Crippen LogP contribution in [0.4, 0.5) is 0 Å². The number of rotatable bonds is 6. The number of ether oxygens (including phenoxy) is 2. The number of methoxy groups -OCH3 is 1. The lowest BCUT2D eigenvalue weighted by Crippen LogP contribution is -2.05. The molecule has 5 heteroatoms. The molecule has 0 spiro atoms. The third-order valence-corrected chi connectivity index (χ3v) is 4.18. The zero-order valence-corrected chi connectivity index (χ0v) is 15.0. The van der Waals surface area contributed by atoms with Crippen molar-refractivity contribution in [2.75, 3.05) is 13.7 Å². The summed E-state index contributed by atoms with van der Waals surface area (Å²) in [7, 11) is 1.67. The number of furan rings is 1. The fourth-order valence-electron chi connectivity index (χ4n) is 2.98. The second kappa shape index (κ2) is 7.05. The predicted molar refractivity (Wildman–Crippen MR) is 96.3 cm³/mol. The van der Waals surface area contributed by atoms with Gasteiger partial charge in [-0.3, -0.25) is 0 Å². The number of hydrogen-bond acceptors (Lipinski definition) is 4. The summed E-state index contributed by atoms with van der Waals surface area (Å²) in [4.78, 5) is 11.8. The van der Waals surface area contributed by atoms with Crippen LogP contribution in [0, 0.1) is 0 Å². The summed E-state index contributed by atoms with van der Waals surface area (Å²) in [6, 6.07) is 11.7. The highest BCUT2D eigenvalue weighted by Gasteiger charge is 2.16. The molecule has 0 amide bonds. The van der Waals surface area contributed by atoms with Gasteiger partial charge in [-0.25, -0.2) is 4.79 Å². The average molecular weight is 341 g/mol. The number of esters is 1. The Morgan fingerprint density at radius 2 is 2.00 bits per heavy atom. The van der Waals surface area contributed by atoms with E-state index >= 15 is 0 Å². The topological polar surface area (TPSA) is 53.6 Å². The second-order valence-corrected chi connectivity index (χ2v) is 6.22. The third-order valence-electron chi connectivity index (χ3n) is 4.18. The molecule has 0 atom stereocenters. The molecule has 0 aliphatic rings. The number of hydrogen-bond donors (Lipinski definition) is 0. The van der Waals surface area contributed by atoms with Crippen LogP contribution in [0.15, 0.2) is 40.8 Å². The quantitative estimate of drug-likeness (QED) is 0.615. The smallest absolute Gasteiger partial charge is 0.374 e. The van der Waals surface area contributed by atoms with E-state index in [-0.39, 0.29) is 5.76 Å². The Bertz CT molecular complexity index is 888. The number of nitrogens with zero attached hydrogens (tertiary/aromatic N) is 1. The molecule has 5 nitrogen and oxygen atoms in total. The van der Waals surface area contributed by atoms with E-state index in [0.29, 0.717) is 19.1 Å². The first-order chi connectivity index (χ1) is 12.0. The summed E-state index contributed by atoms with van der Waals surface area (Å²) in [6.07, 6.45) is 0. The Morgan fingerprint density at radius 3 is 2.68 bits per heavy atom. The first kappa shape index (κ1) is 17.1. The minimum atomic E-state index is -0.431. The van der Waals surface area contributed by atoms with Gasteiger partial charge >= 0.3 is 5.97 Å². The highest BCUT2D eigenvalue weighted by Crippen LogP contribution is 2.29. The van der Waals surface area contributed by atoms with Crippen molar-refractivity contribution < 1.29 is 18.7 Å². The Labute approximate surface area is 147 Å². The van der Waals surface area contributed by atoms with E-state index in [4.69, 9.17) is 13.9 Å². The van der Waals surface area contributed by atoms with Gasteiger partial charge in [-0.15, -0.1) is 0 Å². The standard InChI is InChI=1S/C20H23NO4/c1-5-24-20(22)19-9-7-16(25-19)12-21-17-8-6-15(23-4)10-14(17)11-18(21)13(2)3/h6-11,13H,5,12H2,1-4H3. The van der Waals surface area contributed by atoms with Gasteiger partial charge in [-0.1, -0.05) is 13.8 Å². The van der Waals surface area contributed by atoms with Crippen LogP contribution < -0.4 is 4.74 Å². The van der Waals surface area contributed by atoms with Crippen LogP contribution in [-0.2, 0) is 11.3 Å². The van der Waals surface area contributed by atoms with Crippen molar-refractivity contribution in [2.45, 2.75) is 33.2 Å². The number of aromatic nitrogens is 1. The van der Waals surface area contributed by atoms with Crippen molar-refractivity contribution in [3.05, 3.63) is 53.6 Å².